The van der Waals surface area contributed by atoms with Crippen LogP contribution in [-0.4, -0.2) is 10.9 Å². The van der Waals surface area contributed by atoms with Gasteiger partial charge in [-0.05, 0) is 36.1 Å². The van der Waals surface area contributed by atoms with Crippen molar-refractivity contribution < 1.29 is 4.79 Å². The van der Waals surface area contributed by atoms with Crippen LogP contribution in [0.15, 0.2) is 47.3 Å². The van der Waals surface area contributed by atoms with E-state index in [2.05, 4.69) is 0 Å². The molecule has 1 aromatic heterocycles. The minimum absolute atomic E-state index is 0.0884. The number of hydrogen-bond acceptors (Lipinski definition) is 2. The van der Waals surface area contributed by atoms with Gasteiger partial charge in [0.05, 0.1) is 0 Å². The Morgan fingerprint density at radius 2 is 1.78 bits per heavy atom. The molecule has 3 aromatic rings. The van der Waals surface area contributed by atoms with Crippen LogP contribution in [-0.2, 0) is 18.3 Å². The summed E-state index contributed by atoms with van der Waals surface area (Å²) in [4.78, 5) is 23.7. The number of nitrogens with zero attached hydrogens (tertiary/aromatic N) is 1. The molecule has 0 fully saturated rings. The van der Waals surface area contributed by atoms with Crippen LogP contribution in [0.4, 0.5) is 0 Å². The number of rotatable bonds is 3. The molecule has 0 aliphatic heterocycles. The van der Waals surface area contributed by atoms with E-state index < -0.39 is 0 Å². The second kappa shape index (κ2) is 6.01. The average Bonchev–Trinajstić information content (AvgIpc) is 2.54. The maximum atomic E-state index is 12.6. The summed E-state index contributed by atoms with van der Waals surface area (Å²) >= 11 is 5.99. The molecule has 116 valence electrons. The number of carbonyl (C=O) groups is 1. The van der Waals surface area contributed by atoms with E-state index in [0.717, 1.165) is 28.4 Å². The van der Waals surface area contributed by atoms with Crippen molar-refractivity contribution in [3.05, 3.63) is 69.1 Å². The van der Waals surface area contributed by atoms with Gasteiger partial charge in [0.2, 0.25) is 0 Å². The number of aryl methyl sites for hydroxylation is 1. The molecule has 0 aliphatic rings. The lowest BCUT2D eigenvalue weighted by Gasteiger charge is -2.16. The Bertz CT molecular complexity index is 956. The molecule has 0 N–H and O–H groups in total. The maximum absolute atomic E-state index is 12.6. The van der Waals surface area contributed by atoms with Gasteiger partial charge in [-0.15, -0.1) is 0 Å². The van der Waals surface area contributed by atoms with E-state index >= 15 is 0 Å². The first-order chi connectivity index (χ1) is 11.0. The van der Waals surface area contributed by atoms with Crippen LogP contribution in [0.5, 0.6) is 0 Å². The van der Waals surface area contributed by atoms with Crippen LogP contribution in [0.3, 0.4) is 0 Å². The van der Waals surface area contributed by atoms with Gasteiger partial charge in [-0.25, -0.2) is 0 Å². The highest BCUT2D eigenvalue weighted by Gasteiger charge is 2.16. The molecule has 0 unspecified atom stereocenters. The third-order valence-electron chi connectivity index (χ3n) is 4.08. The maximum Gasteiger partial charge on any atom is 0.258 e. The van der Waals surface area contributed by atoms with Gasteiger partial charge >= 0.3 is 0 Å². The quantitative estimate of drug-likeness (QED) is 0.685. The molecule has 1 heterocycles. The van der Waals surface area contributed by atoms with Crippen molar-refractivity contribution in [2.24, 2.45) is 7.05 Å². The number of hydrogen-bond donors (Lipinski definition) is 0. The number of carbonyl (C=O) groups excluding carboxylic acids is 1. The van der Waals surface area contributed by atoms with Gasteiger partial charge < -0.3 is 9.36 Å². The molecular formula is C19H16ClNO2. The zero-order valence-electron chi connectivity index (χ0n) is 13.0. The van der Waals surface area contributed by atoms with E-state index in [-0.39, 0.29) is 12.0 Å². The Morgan fingerprint density at radius 3 is 2.43 bits per heavy atom. The lowest BCUT2D eigenvalue weighted by Crippen LogP contribution is -2.22. The normalized spacial score (nSPS) is 10.9. The number of aldehydes is 1. The Hall–Kier alpha value is -2.39. The number of halogens is 1. The highest BCUT2D eigenvalue weighted by Crippen LogP contribution is 2.32. The fourth-order valence-corrected chi connectivity index (χ4v) is 3.06. The van der Waals surface area contributed by atoms with Crippen molar-refractivity contribution in [1.29, 1.82) is 0 Å². The Kier molecular flexibility index (Phi) is 4.05. The van der Waals surface area contributed by atoms with E-state index in [4.69, 9.17) is 11.6 Å². The zero-order valence-corrected chi connectivity index (χ0v) is 13.7. The lowest BCUT2D eigenvalue weighted by molar-refractivity contribution is -0.107. The topological polar surface area (TPSA) is 39.1 Å². The van der Waals surface area contributed by atoms with E-state index in [1.54, 1.807) is 11.6 Å². The van der Waals surface area contributed by atoms with E-state index in [1.165, 1.54) is 0 Å². The first-order valence-electron chi connectivity index (χ1n) is 7.34. The third kappa shape index (κ3) is 2.68. The summed E-state index contributed by atoms with van der Waals surface area (Å²) in [6.07, 6.45) is 1.02. The molecule has 0 saturated carbocycles. The van der Waals surface area contributed by atoms with Crippen LogP contribution in [0.1, 0.15) is 11.3 Å². The second-order valence-corrected chi connectivity index (χ2v) is 6.05. The highest BCUT2D eigenvalue weighted by molar-refractivity contribution is 6.30. The zero-order chi connectivity index (χ0) is 16.6. The average molecular weight is 326 g/mol. The number of aromatic nitrogens is 1. The molecule has 23 heavy (non-hydrogen) atoms. The standard InChI is InChI=1S/C19H16ClNO2/c1-12-3-8-15-16(11-12)18(13-4-6-14(20)7-5-13)17(9-10-22)21(2)19(15)23/h3-8,10-11H,9H2,1-2H3. The summed E-state index contributed by atoms with van der Waals surface area (Å²) < 4.78 is 1.57. The first-order valence-corrected chi connectivity index (χ1v) is 7.72. The Labute approximate surface area is 139 Å². The van der Waals surface area contributed by atoms with Crippen molar-refractivity contribution in [2.45, 2.75) is 13.3 Å². The predicted molar refractivity (Wildman–Crippen MR) is 94.1 cm³/mol. The molecule has 2 aromatic carbocycles. The monoisotopic (exact) mass is 325 g/mol. The van der Waals surface area contributed by atoms with Crippen molar-refractivity contribution in [3.63, 3.8) is 0 Å². The van der Waals surface area contributed by atoms with Crippen LogP contribution >= 0.6 is 11.6 Å². The summed E-state index contributed by atoms with van der Waals surface area (Å²) in [6.45, 7) is 1.99. The lowest BCUT2D eigenvalue weighted by atomic mass is 9.95. The smallest absolute Gasteiger partial charge is 0.258 e. The van der Waals surface area contributed by atoms with Crippen LogP contribution < -0.4 is 5.56 Å². The first kappa shape index (κ1) is 15.5. The van der Waals surface area contributed by atoms with Gasteiger partial charge in [0.25, 0.3) is 5.56 Å². The molecular weight excluding hydrogens is 310 g/mol. The number of benzene rings is 2. The molecule has 0 aliphatic carbocycles. The van der Waals surface area contributed by atoms with Crippen molar-refractivity contribution in [3.8, 4) is 11.1 Å². The van der Waals surface area contributed by atoms with Crippen LogP contribution in [0, 0.1) is 6.92 Å². The van der Waals surface area contributed by atoms with Gasteiger partial charge in [0.15, 0.2) is 0 Å². The molecule has 0 amide bonds. The van der Waals surface area contributed by atoms with Gasteiger partial charge in [-0.3, -0.25) is 4.79 Å². The van der Waals surface area contributed by atoms with Gasteiger partial charge in [-0.2, -0.15) is 0 Å². The highest BCUT2D eigenvalue weighted by atomic mass is 35.5. The molecule has 0 radical (unpaired) electrons. The largest absolute Gasteiger partial charge is 0.314 e. The minimum atomic E-state index is -0.0884. The molecule has 0 bridgehead atoms. The number of pyridine rings is 1. The van der Waals surface area contributed by atoms with E-state index in [0.29, 0.717) is 16.1 Å². The van der Waals surface area contributed by atoms with Gasteiger partial charge in [0, 0.05) is 35.1 Å². The van der Waals surface area contributed by atoms with E-state index in [9.17, 15) is 9.59 Å². The molecule has 0 atom stereocenters. The van der Waals surface area contributed by atoms with Gasteiger partial charge in [0.1, 0.15) is 6.29 Å². The van der Waals surface area contributed by atoms with Gasteiger partial charge in [-0.1, -0.05) is 41.4 Å². The molecule has 0 spiro atoms. The van der Waals surface area contributed by atoms with Crippen LogP contribution in [0.2, 0.25) is 5.02 Å². The van der Waals surface area contributed by atoms with Crippen molar-refractivity contribution in [1.82, 2.24) is 4.57 Å². The summed E-state index contributed by atoms with van der Waals surface area (Å²) in [5, 5.41) is 2.17. The van der Waals surface area contributed by atoms with Crippen molar-refractivity contribution >= 4 is 28.7 Å². The Balaban J connectivity index is 2.49. The summed E-state index contributed by atoms with van der Waals surface area (Å²) in [7, 11) is 1.71. The molecule has 4 heteroatoms. The minimum Gasteiger partial charge on any atom is -0.314 e. The second-order valence-electron chi connectivity index (χ2n) is 5.61. The summed E-state index contributed by atoms with van der Waals surface area (Å²) in [6, 6.07) is 13.2. The molecule has 3 rings (SSSR count). The fourth-order valence-electron chi connectivity index (χ4n) is 2.93. The van der Waals surface area contributed by atoms with Crippen molar-refractivity contribution in [2.75, 3.05) is 0 Å². The van der Waals surface area contributed by atoms with E-state index in [1.807, 2.05) is 49.4 Å². The summed E-state index contributed by atoms with van der Waals surface area (Å²) in [5.74, 6) is 0. The SMILES string of the molecule is Cc1ccc2c(=O)n(C)c(CC=O)c(-c3ccc(Cl)cc3)c2c1. The predicted octanol–water partition coefficient (Wildman–Crippen LogP) is 3.91. The van der Waals surface area contributed by atoms with Crippen LogP contribution in [0.25, 0.3) is 21.9 Å². The molecule has 3 nitrogen and oxygen atoms in total. The summed E-state index contributed by atoms with van der Waals surface area (Å²) in [5.41, 5.74) is 3.55. The molecule has 0 saturated heterocycles. The number of fused-ring (bicyclic) bond motifs is 1. The Morgan fingerprint density at radius 1 is 1.09 bits per heavy atom. The third-order valence-corrected chi connectivity index (χ3v) is 4.33. The fraction of sp³-hybridized carbons (Fsp3) is 0.158.